The fraction of sp³-hybridized carbons (Fsp3) is 0.417. The fourth-order valence-corrected chi connectivity index (χ4v) is 5.10. The molecule has 0 saturated heterocycles. The molecule has 0 heterocycles. The van der Waals surface area contributed by atoms with Gasteiger partial charge in [0, 0.05) is 36.1 Å². The molecule has 10 heteroatoms. The number of nitrogens with one attached hydrogen (secondary N) is 1. The lowest BCUT2D eigenvalue weighted by atomic mass is 10.1. The monoisotopic (exact) mass is 510 g/mol. The van der Waals surface area contributed by atoms with Crippen molar-refractivity contribution < 1.29 is 27.9 Å². The van der Waals surface area contributed by atoms with Gasteiger partial charge >= 0.3 is 6.09 Å². The number of nitrogens with zero attached hydrogens (tertiary/aromatic N) is 1. The Kier molecular flexibility index (Phi) is 10.3. The van der Waals surface area contributed by atoms with Crippen LogP contribution in [0.15, 0.2) is 47.4 Å². The molecule has 2 N–H and O–H groups in total. The first-order valence-electron chi connectivity index (χ1n) is 11.0. The Morgan fingerprint density at radius 2 is 1.82 bits per heavy atom. The molecule has 0 spiro atoms. The second-order valence-electron chi connectivity index (χ2n) is 8.13. The molecule has 0 aromatic heterocycles. The molecule has 0 aliphatic heterocycles. The van der Waals surface area contributed by atoms with Gasteiger partial charge in [-0.2, -0.15) is 0 Å². The maximum Gasteiger partial charge on any atom is 0.407 e. The lowest BCUT2D eigenvalue weighted by Crippen LogP contribution is -2.32. The van der Waals surface area contributed by atoms with Gasteiger partial charge in [-0.1, -0.05) is 29.8 Å². The number of hydrogen-bond donors (Lipinski definition) is 2. The lowest BCUT2D eigenvalue weighted by molar-refractivity contribution is 0.0978. The first-order chi connectivity index (χ1) is 16.0. The van der Waals surface area contributed by atoms with Crippen LogP contribution >= 0.6 is 11.6 Å². The second kappa shape index (κ2) is 12.7. The Morgan fingerprint density at radius 3 is 2.44 bits per heavy atom. The molecule has 0 atom stereocenters. The third kappa shape index (κ3) is 8.00. The second-order valence-corrected chi connectivity index (χ2v) is 10.2. The third-order valence-electron chi connectivity index (χ3n) is 5.13. The molecule has 2 rings (SSSR count). The van der Waals surface area contributed by atoms with Gasteiger partial charge < -0.3 is 14.7 Å². The van der Waals surface area contributed by atoms with Crippen molar-refractivity contribution in [3.8, 4) is 5.75 Å². The van der Waals surface area contributed by atoms with Crippen molar-refractivity contribution in [3.63, 3.8) is 0 Å². The molecule has 0 aliphatic carbocycles. The zero-order valence-corrected chi connectivity index (χ0v) is 21.2. The molecular weight excluding hydrogens is 480 g/mol. The van der Waals surface area contributed by atoms with Crippen LogP contribution in [-0.2, 0) is 16.4 Å². The number of rotatable bonds is 13. The number of carbonyl (C=O) groups is 2. The molecular formula is C24H31ClN2O6S. The standard InChI is InChI=1S/C24H31ClN2O6S/c1-17(2)26-34(31,32)23-16-19(11-12-22(23)33-3)21(28)10-6-7-14-27(24(29)30)15-13-18-8-4-5-9-20(18)25/h4-5,8-9,11-12,16-17,26H,6-7,10,13-15H2,1-3H3,(H,29,30). The maximum absolute atomic E-state index is 12.7. The number of Topliss-reactive ketones (excluding diaryl/α,β-unsaturated/α-hetero) is 1. The van der Waals surface area contributed by atoms with Crippen LogP contribution in [0.25, 0.3) is 0 Å². The molecule has 0 saturated carbocycles. The number of amides is 1. The van der Waals surface area contributed by atoms with Crippen LogP contribution in [0.4, 0.5) is 4.79 Å². The molecule has 8 nitrogen and oxygen atoms in total. The van der Waals surface area contributed by atoms with Crippen LogP contribution in [0.2, 0.25) is 5.02 Å². The summed E-state index contributed by atoms with van der Waals surface area (Å²) in [5.74, 6) is -0.0677. The molecule has 0 fully saturated rings. The smallest absolute Gasteiger partial charge is 0.407 e. The highest BCUT2D eigenvalue weighted by Crippen LogP contribution is 2.26. The maximum atomic E-state index is 12.7. The Hall–Kier alpha value is -2.62. The Balaban J connectivity index is 1.95. The van der Waals surface area contributed by atoms with Crippen LogP contribution < -0.4 is 9.46 Å². The predicted octanol–water partition coefficient (Wildman–Crippen LogP) is 4.61. The normalized spacial score (nSPS) is 11.4. The number of sulfonamides is 1. The molecule has 0 bridgehead atoms. The zero-order chi connectivity index (χ0) is 25.3. The molecule has 34 heavy (non-hydrogen) atoms. The summed E-state index contributed by atoms with van der Waals surface area (Å²) in [4.78, 5) is 25.5. The summed E-state index contributed by atoms with van der Waals surface area (Å²) in [5.41, 5.74) is 1.14. The van der Waals surface area contributed by atoms with Gasteiger partial charge in [0.2, 0.25) is 10.0 Å². The van der Waals surface area contributed by atoms with E-state index in [9.17, 15) is 23.1 Å². The molecule has 1 amide bonds. The van der Waals surface area contributed by atoms with E-state index in [0.29, 0.717) is 30.8 Å². The van der Waals surface area contributed by atoms with E-state index < -0.39 is 16.1 Å². The average Bonchev–Trinajstić information content (AvgIpc) is 2.77. The minimum Gasteiger partial charge on any atom is -0.495 e. The van der Waals surface area contributed by atoms with Crippen LogP contribution in [0.3, 0.4) is 0 Å². The van der Waals surface area contributed by atoms with E-state index in [2.05, 4.69) is 4.72 Å². The van der Waals surface area contributed by atoms with E-state index in [1.54, 1.807) is 19.9 Å². The van der Waals surface area contributed by atoms with Crippen molar-refractivity contribution >= 4 is 33.5 Å². The van der Waals surface area contributed by atoms with Crippen LogP contribution in [0.1, 0.15) is 49.0 Å². The van der Waals surface area contributed by atoms with Gasteiger partial charge in [-0.3, -0.25) is 4.79 Å². The van der Waals surface area contributed by atoms with Crippen LogP contribution in [0, 0.1) is 0 Å². The highest BCUT2D eigenvalue weighted by atomic mass is 35.5. The first kappa shape index (κ1) is 27.6. The van der Waals surface area contributed by atoms with E-state index in [4.69, 9.17) is 16.3 Å². The number of halogens is 1. The average molecular weight is 511 g/mol. The molecule has 2 aromatic rings. The van der Waals surface area contributed by atoms with E-state index in [1.165, 1.54) is 30.2 Å². The van der Waals surface area contributed by atoms with Crippen molar-refractivity contribution in [2.75, 3.05) is 20.2 Å². The van der Waals surface area contributed by atoms with Gasteiger partial charge in [0.25, 0.3) is 0 Å². The predicted molar refractivity (Wildman–Crippen MR) is 131 cm³/mol. The van der Waals surface area contributed by atoms with Crippen LogP contribution in [-0.4, -0.2) is 56.5 Å². The van der Waals surface area contributed by atoms with Crippen molar-refractivity contribution in [1.82, 2.24) is 9.62 Å². The summed E-state index contributed by atoms with van der Waals surface area (Å²) in [6, 6.07) is 11.3. The number of hydrogen-bond acceptors (Lipinski definition) is 5. The Labute approximate surface area is 205 Å². The first-order valence-corrected chi connectivity index (χ1v) is 12.9. The Morgan fingerprint density at radius 1 is 1.12 bits per heavy atom. The SMILES string of the molecule is COc1ccc(C(=O)CCCCN(CCc2ccccc2Cl)C(=O)O)cc1S(=O)(=O)NC(C)C. The van der Waals surface area contributed by atoms with Crippen molar-refractivity contribution in [2.45, 2.75) is 50.5 Å². The number of carboxylic acid groups (broad SMARTS) is 1. The zero-order valence-electron chi connectivity index (χ0n) is 19.6. The summed E-state index contributed by atoms with van der Waals surface area (Å²) in [6.45, 7) is 3.99. The summed E-state index contributed by atoms with van der Waals surface area (Å²) < 4.78 is 32.9. The van der Waals surface area contributed by atoms with Gasteiger partial charge in [-0.15, -0.1) is 0 Å². The number of carbonyl (C=O) groups excluding carboxylic acids is 1. The van der Waals surface area contributed by atoms with Gasteiger partial charge in [0.05, 0.1) is 7.11 Å². The largest absolute Gasteiger partial charge is 0.495 e. The summed E-state index contributed by atoms with van der Waals surface area (Å²) in [7, 11) is -2.48. The Bertz CT molecular complexity index is 1100. The summed E-state index contributed by atoms with van der Waals surface area (Å²) in [5, 5.41) is 10.1. The van der Waals surface area contributed by atoms with Crippen molar-refractivity contribution in [2.24, 2.45) is 0 Å². The topological polar surface area (TPSA) is 113 Å². The third-order valence-corrected chi connectivity index (χ3v) is 7.18. The summed E-state index contributed by atoms with van der Waals surface area (Å²) >= 11 is 6.14. The van der Waals surface area contributed by atoms with Crippen molar-refractivity contribution in [3.05, 3.63) is 58.6 Å². The number of methoxy groups -OCH3 is 1. The minimum absolute atomic E-state index is 0.0915. The summed E-state index contributed by atoms with van der Waals surface area (Å²) in [6.07, 6.45) is 0.602. The van der Waals surface area contributed by atoms with E-state index in [0.717, 1.165) is 5.56 Å². The van der Waals surface area contributed by atoms with Gasteiger partial charge in [-0.25, -0.2) is 17.9 Å². The lowest BCUT2D eigenvalue weighted by Gasteiger charge is -2.19. The number of ether oxygens (including phenoxy) is 1. The molecule has 186 valence electrons. The highest BCUT2D eigenvalue weighted by Gasteiger charge is 2.22. The molecule has 2 aromatic carbocycles. The van der Waals surface area contributed by atoms with E-state index in [1.807, 2.05) is 18.2 Å². The number of benzene rings is 2. The van der Waals surface area contributed by atoms with Gasteiger partial charge in [-0.05, 0) is 62.9 Å². The van der Waals surface area contributed by atoms with Crippen LogP contribution in [0.5, 0.6) is 5.75 Å². The quantitative estimate of drug-likeness (QED) is 0.300. The van der Waals surface area contributed by atoms with E-state index in [-0.39, 0.29) is 41.0 Å². The molecule has 0 aliphatic rings. The minimum atomic E-state index is -3.85. The molecule has 0 unspecified atom stereocenters. The van der Waals surface area contributed by atoms with E-state index >= 15 is 0 Å². The number of ketones is 1. The fourth-order valence-electron chi connectivity index (χ4n) is 3.43. The number of unbranched alkanes of at least 4 members (excludes halogenated alkanes) is 1. The van der Waals surface area contributed by atoms with Crippen molar-refractivity contribution in [1.29, 1.82) is 0 Å². The van der Waals surface area contributed by atoms with Gasteiger partial charge in [0.15, 0.2) is 5.78 Å². The highest BCUT2D eigenvalue weighted by molar-refractivity contribution is 7.89. The molecule has 0 radical (unpaired) electrons. The van der Waals surface area contributed by atoms with Gasteiger partial charge in [0.1, 0.15) is 10.6 Å².